The first-order valence-electron chi connectivity index (χ1n) is 11.4. The van der Waals surface area contributed by atoms with Gasteiger partial charge in [-0.05, 0) is 92.7 Å². The van der Waals surface area contributed by atoms with Crippen LogP contribution in [0.1, 0.15) is 81.3 Å². The summed E-state index contributed by atoms with van der Waals surface area (Å²) in [6, 6.07) is 7.82. The van der Waals surface area contributed by atoms with Crippen LogP contribution in [0.3, 0.4) is 0 Å². The van der Waals surface area contributed by atoms with E-state index in [4.69, 9.17) is 5.26 Å². The predicted molar refractivity (Wildman–Crippen MR) is 115 cm³/mol. The van der Waals surface area contributed by atoms with Crippen LogP contribution in [0, 0.1) is 29.1 Å². The molecule has 0 atom stereocenters. The van der Waals surface area contributed by atoms with Crippen molar-refractivity contribution in [3.05, 3.63) is 59.7 Å². The zero-order chi connectivity index (χ0) is 21.4. The van der Waals surface area contributed by atoms with E-state index in [0.717, 1.165) is 30.2 Å². The van der Waals surface area contributed by atoms with E-state index in [1.807, 2.05) is 18.2 Å². The van der Waals surface area contributed by atoms with Gasteiger partial charge in [-0.3, -0.25) is 0 Å². The van der Waals surface area contributed by atoms with E-state index in [2.05, 4.69) is 6.08 Å². The molecule has 0 unspecified atom stereocenters. The Morgan fingerprint density at radius 3 is 1.93 bits per heavy atom. The Kier molecular flexibility index (Phi) is 8.19. The van der Waals surface area contributed by atoms with Crippen LogP contribution in [0.5, 0.6) is 0 Å². The molecule has 0 spiro atoms. The lowest BCUT2D eigenvalue weighted by Gasteiger charge is -2.31. The van der Waals surface area contributed by atoms with Gasteiger partial charge in [0.15, 0.2) is 0 Å². The van der Waals surface area contributed by atoms with E-state index >= 15 is 0 Å². The van der Waals surface area contributed by atoms with Gasteiger partial charge in [0, 0.05) is 6.08 Å². The Morgan fingerprint density at radius 2 is 1.40 bits per heavy atom. The topological polar surface area (TPSA) is 23.8 Å². The normalized spacial score (nSPS) is 28.1. The standard InChI is InChI=1S/C26H32F3N/c27-26(28,29)25-17-15-24(16-18-25)23-13-11-22(12-14-23)10-9-21-7-5-20(6-8-21)4-2-1-3-19-30/h1-4,15-18,20-23H,5-14H2/b3-1+,4-2+. The molecule has 162 valence electrons. The van der Waals surface area contributed by atoms with Gasteiger partial charge in [0.05, 0.1) is 11.6 Å². The van der Waals surface area contributed by atoms with Crippen LogP contribution in [-0.2, 0) is 6.18 Å². The zero-order valence-electron chi connectivity index (χ0n) is 17.6. The third-order valence-electron chi connectivity index (χ3n) is 7.10. The molecule has 4 heteroatoms. The van der Waals surface area contributed by atoms with Crippen molar-refractivity contribution in [3.63, 3.8) is 0 Å². The summed E-state index contributed by atoms with van der Waals surface area (Å²) in [5, 5.41) is 8.51. The Hall–Kier alpha value is -2.02. The minimum atomic E-state index is -4.25. The molecule has 2 fully saturated rings. The van der Waals surface area contributed by atoms with E-state index in [0.29, 0.717) is 11.8 Å². The molecule has 0 saturated heterocycles. The van der Waals surface area contributed by atoms with E-state index in [1.165, 1.54) is 69.6 Å². The second-order valence-corrected chi connectivity index (χ2v) is 9.07. The highest BCUT2D eigenvalue weighted by molar-refractivity contribution is 5.27. The number of halogens is 3. The first kappa shape index (κ1) is 22.7. The summed E-state index contributed by atoms with van der Waals surface area (Å²) in [4.78, 5) is 0. The quantitative estimate of drug-likeness (QED) is 0.339. The number of nitrogens with zero attached hydrogens (tertiary/aromatic N) is 1. The van der Waals surface area contributed by atoms with Crippen LogP contribution in [0.2, 0.25) is 0 Å². The van der Waals surface area contributed by atoms with Crippen molar-refractivity contribution in [1.82, 2.24) is 0 Å². The van der Waals surface area contributed by atoms with Gasteiger partial charge in [0.2, 0.25) is 0 Å². The molecule has 3 rings (SSSR count). The maximum Gasteiger partial charge on any atom is 0.416 e. The highest BCUT2D eigenvalue weighted by Crippen LogP contribution is 2.40. The fourth-order valence-electron chi connectivity index (χ4n) is 5.19. The van der Waals surface area contributed by atoms with Crippen LogP contribution in [-0.4, -0.2) is 0 Å². The van der Waals surface area contributed by atoms with Crippen molar-refractivity contribution < 1.29 is 13.2 Å². The Morgan fingerprint density at radius 1 is 0.833 bits per heavy atom. The fourth-order valence-corrected chi connectivity index (χ4v) is 5.19. The maximum atomic E-state index is 12.7. The molecule has 30 heavy (non-hydrogen) atoms. The highest BCUT2D eigenvalue weighted by atomic mass is 19.4. The van der Waals surface area contributed by atoms with Crippen LogP contribution < -0.4 is 0 Å². The molecule has 1 aromatic rings. The van der Waals surface area contributed by atoms with Gasteiger partial charge in [0.25, 0.3) is 0 Å². The van der Waals surface area contributed by atoms with E-state index in [1.54, 1.807) is 12.1 Å². The third-order valence-corrected chi connectivity index (χ3v) is 7.10. The van der Waals surface area contributed by atoms with E-state index < -0.39 is 11.7 Å². The van der Waals surface area contributed by atoms with Crippen LogP contribution in [0.15, 0.2) is 48.6 Å². The molecule has 2 saturated carbocycles. The van der Waals surface area contributed by atoms with Crippen molar-refractivity contribution in [3.8, 4) is 6.07 Å². The second kappa shape index (κ2) is 10.8. The van der Waals surface area contributed by atoms with Crippen LogP contribution in [0.25, 0.3) is 0 Å². The minimum absolute atomic E-state index is 0.417. The van der Waals surface area contributed by atoms with Gasteiger partial charge in [-0.15, -0.1) is 0 Å². The highest BCUT2D eigenvalue weighted by Gasteiger charge is 2.31. The number of benzene rings is 1. The molecule has 0 N–H and O–H groups in total. The summed E-state index contributed by atoms with van der Waals surface area (Å²) in [6.07, 6.45) is 15.7. The molecule has 1 aromatic carbocycles. The van der Waals surface area contributed by atoms with Gasteiger partial charge in [-0.25, -0.2) is 0 Å². The number of nitriles is 1. The van der Waals surface area contributed by atoms with Gasteiger partial charge in [-0.2, -0.15) is 18.4 Å². The molecule has 0 heterocycles. The second-order valence-electron chi connectivity index (χ2n) is 9.07. The number of alkyl halides is 3. The first-order chi connectivity index (χ1) is 14.5. The van der Waals surface area contributed by atoms with Crippen molar-refractivity contribution in [1.29, 1.82) is 5.26 Å². The Balaban J connectivity index is 1.35. The number of rotatable bonds is 6. The molecule has 0 radical (unpaired) electrons. The van der Waals surface area contributed by atoms with E-state index in [-0.39, 0.29) is 0 Å². The molecule has 1 nitrogen and oxygen atoms in total. The van der Waals surface area contributed by atoms with Crippen molar-refractivity contribution in [2.75, 3.05) is 0 Å². The van der Waals surface area contributed by atoms with Gasteiger partial charge in [0.1, 0.15) is 0 Å². The number of allylic oxidation sites excluding steroid dienone is 4. The lowest BCUT2D eigenvalue weighted by atomic mass is 9.74. The molecule has 0 amide bonds. The monoisotopic (exact) mass is 415 g/mol. The molecule has 2 aliphatic rings. The van der Waals surface area contributed by atoms with Crippen molar-refractivity contribution >= 4 is 0 Å². The largest absolute Gasteiger partial charge is 0.416 e. The van der Waals surface area contributed by atoms with Gasteiger partial charge in [-0.1, -0.05) is 43.2 Å². The minimum Gasteiger partial charge on any atom is -0.193 e. The Bertz CT molecular complexity index is 738. The van der Waals surface area contributed by atoms with Gasteiger partial charge >= 0.3 is 6.18 Å². The summed E-state index contributed by atoms with van der Waals surface area (Å²) in [5.41, 5.74) is 0.515. The van der Waals surface area contributed by atoms with Crippen molar-refractivity contribution in [2.24, 2.45) is 17.8 Å². The molecule has 0 aliphatic heterocycles. The summed E-state index contributed by atoms with van der Waals surface area (Å²) in [7, 11) is 0. The Labute approximate surface area is 178 Å². The van der Waals surface area contributed by atoms with Crippen molar-refractivity contribution in [2.45, 2.75) is 76.3 Å². The number of hydrogen-bond acceptors (Lipinski definition) is 1. The smallest absolute Gasteiger partial charge is 0.193 e. The first-order valence-corrected chi connectivity index (χ1v) is 11.4. The maximum absolute atomic E-state index is 12.7. The number of hydrogen-bond donors (Lipinski definition) is 0. The summed E-state index contributed by atoms with van der Waals surface area (Å²) in [6.45, 7) is 0. The van der Waals surface area contributed by atoms with E-state index in [9.17, 15) is 13.2 Å². The molecule has 0 aromatic heterocycles. The third kappa shape index (κ3) is 6.76. The summed E-state index contributed by atoms with van der Waals surface area (Å²) < 4.78 is 38.2. The zero-order valence-corrected chi connectivity index (χ0v) is 17.6. The molecule has 0 bridgehead atoms. The molecular weight excluding hydrogens is 383 g/mol. The van der Waals surface area contributed by atoms with Crippen LogP contribution >= 0.6 is 0 Å². The predicted octanol–water partition coefficient (Wildman–Crippen LogP) is 8.20. The lowest BCUT2D eigenvalue weighted by molar-refractivity contribution is -0.137. The SMILES string of the molecule is N#C/C=C/C=C/C1CCC(CCC2CCC(c3ccc(C(F)(F)F)cc3)CC2)CC1. The van der Waals surface area contributed by atoms with Crippen LogP contribution in [0.4, 0.5) is 13.2 Å². The molecule has 2 aliphatic carbocycles. The van der Waals surface area contributed by atoms with Gasteiger partial charge < -0.3 is 0 Å². The average molecular weight is 416 g/mol. The molecular formula is C26H32F3N. The average Bonchev–Trinajstić information content (AvgIpc) is 2.76. The lowest BCUT2D eigenvalue weighted by Crippen LogP contribution is -2.17. The fraction of sp³-hybridized carbons (Fsp3) is 0.577. The summed E-state index contributed by atoms with van der Waals surface area (Å²) >= 11 is 0. The summed E-state index contributed by atoms with van der Waals surface area (Å²) in [5.74, 6) is 2.70.